The Morgan fingerprint density at radius 1 is 1.12 bits per heavy atom. The fraction of sp³-hybridized carbons (Fsp3) is 0.923. The van der Waals surface area contributed by atoms with E-state index in [2.05, 4.69) is 19.2 Å². The van der Waals surface area contributed by atoms with Gasteiger partial charge in [0, 0.05) is 13.1 Å². The van der Waals surface area contributed by atoms with Crippen LogP contribution < -0.4 is 5.32 Å². The van der Waals surface area contributed by atoms with Crippen molar-refractivity contribution in [2.24, 2.45) is 0 Å². The molecular weight excluding hydrogens is 216 g/mol. The van der Waals surface area contributed by atoms with Gasteiger partial charge in [-0.3, -0.25) is 4.79 Å². The van der Waals surface area contributed by atoms with Gasteiger partial charge in [-0.25, -0.2) is 0 Å². The lowest BCUT2D eigenvalue weighted by molar-refractivity contribution is -0.130. The number of amides is 1. The molecule has 0 radical (unpaired) electrons. The molecule has 0 aliphatic rings. The summed E-state index contributed by atoms with van der Waals surface area (Å²) in [6.07, 6.45) is 5.65. The second-order valence-electron chi connectivity index (χ2n) is 4.34. The molecule has 0 aromatic heterocycles. The van der Waals surface area contributed by atoms with Gasteiger partial charge in [-0.1, -0.05) is 33.1 Å². The zero-order chi connectivity index (χ0) is 12.9. The number of aliphatic hydroxyl groups is 1. The number of carbonyl (C=O) groups excluding carboxylic acids is 1. The molecule has 0 heterocycles. The van der Waals surface area contributed by atoms with Gasteiger partial charge in [-0.05, 0) is 19.4 Å². The molecule has 0 saturated heterocycles. The van der Waals surface area contributed by atoms with E-state index in [1.165, 1.54) is 12.8 Å². The van der Waals surface area contributed by atoms with E-state index in [0.29, 0.717) is 13.1 Å². The van der Waals surface area contributed by atoms with E-state index in [1.54, 1.807) is 4.90 Å². The third-order valence-corrected chi connectivity index (χ3v) is 2.71. The number of rotatable bonds is 11. The van der Waals surface area contributed by atoms with Crippen molar-refractivity contribution in [2.45, 2.75) is 46.0 Å². The summed E-state index contributed by atoms with van der Waals surface area (Å²) in [5.74, 6) is 0.101. The molecule has 4 heteroatoms. The molecule has 0 spiro atoms. The normalized spacial score (nSPS) is 10.5. The van der Waals surface area contributed by atoms with Crippen molar-refractivity contribution in [2.75, 3.05) is 32.8 Å². The predicted octanol–water partition coefficient (Wildman–Crippen LogP) is 1.39. The second kappa shape index (κ2) is 11.9. The third kappa shape index (κ3) is 9.12. The molecule has 4 nitrogen and oxygen atoms in total. The van der Waals surface area contributed by atoms with Crippen LogP contribution in [-0.4, -0.2) is 48.7 Å². The Bertz CT molecular complexity index is 186. The van der Waals surface area contributed by atoms with Crippen LogP contribution in [0.2, 0.25) is 0 Å². The van der Waals surface area contributed by atoms with Crippen LogP contribution in [0.25, 0.3) is 0 Å². The first-order valence-corrected chi connectivity index (χ1v) is 6.85. The molecule has 0 aliphatic carbocycles. The highest BCUT2D eigenvalue weighted by molar-refractivity contribution is 5.78. The summed E-state index contributed by atoms with van der Waals surface area (Å²) in [5, 5.41) is 12.0. The van der Waals surface area contributed by atoms with Crippen molar-refractivity contribution in [3.63, 3.8) is 0 Å². The average molecular weight is 244 g/mol. The maximum absolute atomic E-state index is 11.8. The Labute approximate surface area is 105 Å². The van der Waals surface area contributed by atoms with Crippen LogP contribution in [0.15, 0.2) is 0 Å². The molecule has 1 amide bonds. The van der Waals surface area contributed by atoms with Crippen molar-refractivity contribution in [1.82, 2.24) is 10.2 Å². The quantitative estimate of drug-likeness (QED) is 0.540. The van der Waals surface area contributed by atoms with Gasteiger partial charge in [0.1, 0.15) is 0 Å². The van der Waals surface area contributed by atoms with Crippen LogP contribution in [0, 0.1) is 0 Å². The van der Waals surface area contributed by atoms with Crippen molar-refractivity contribution in [3.8, 4) is 0 Å². The molecular formula is C13H28N2O2. The highest BCUT2D eigenvalue weighted by atomic mass is 16.3. The summed E-state index contributed by atoms with van der Waals surface area (Å²) >= 11 is 0. The molecule has 0 atom stereocenters. The molecule has 2 N–H and O–H groups in total. The minimum Gasteiger partial charge on any atom is -0.395 e. The fourth-order valence-electron chi connectivity index (χ4n) is 1.70. The summed E-state index contributed by atoms with van der Waals surface area (Å²) < 4.78 is 0. The van der Waals surface area contributed by atoms with Crippen LogP contribution in [0.3, 0.4) is 0 Å². The molecule has 0 aromatic rings. The summed E-state index contributed by atoms with van der Waals surface area (Å²) in [5.41, 5.74) is 0. The van der Waals surface area contributed by atoms with E-state index >= 15 is 0 Å². The highest BCUT2D eigenvalue weighted by Crippen LogP contribution is 2.01. The summed E-state index contributed by atoms with van der Waals surface area (Å²) in [4.78, 5) is 13.6. The van der Waals surface area contributed by atoms with Gasteiger partial charge in [0.25, 0.3) is 0 Å². The number of nitrogens with zero attached hydrogens (tertiary/aromatic N) is 1. The van der Waals surface area contributed by atoms with Gasteiger partial charge in [-0.15, -0.1) is 0 Å². The van der Waals surface area contributed by atoms with Gasteiger partial charge >= 0.3 is 0 Å². The van der Waals surface area contributed by atoms with E-state index < -0.39 is 0 Å². The Morgan fingerprint density at radius 2 is 1.88 bits per heavy atom. The number of hydrogen-bond acceptors (Lipinski definition) is 3. The molecule has 0 saturated carbocycles. The van der Waals surface area contributed by atoms with E-state index in [1.807, 2.05) is 0 Å². The first-order chi connectivity index (χ1) is 8.26. The molecule has 0 aliphatic heterocycles. The van der Waals surface area contributed by atoms with Crippen molar-refractivity contribution < 1.29 is 9.90 Å². The predicted molar refractivity (Wildman–Crippen MR) is 71.0 cm³/mol. The van der Waals surface area contributed by atoms with Gasteiger partial charge in [0.2, 0.25) is 5.91 Å². The number of unbranched alkanes of at least 4 members (excludes halogenated alkanes) is 3. The van der Waals surface area contributed by atoms with Crippen molar-refractivity contribution in [1.29, 1.82) is 0 Å². The lowest BCUT2D eigenvalue weighted by Crippen LogP contribution is -2.40. The molecule has 0 fully saturated rings. The summed E-state index contributed by atoms with van der Waals surface area (Å²) in [7, 11) is 0. The third-order valence-electron chi connectivity index (χ3n) is 2.71. The molecule has 0 unspecified atom stereocenters. The minimum absolute atomic E-state index is 0.0489. The van der Waals surface area contributed by atoms with Crippen LogP contribution in [0.1, 0.15) is 46.0 Å². The zero-order valence-corrected chi connectivity index (χ0v) is 11.4. The smallest absolute Gasteiger partial charge is 0.236 e. The molecule has 17 heavy (non-hydrogen) atoms. The molecule has 102 valence electrons. The van der Waals surface area contributed by atoms with Crippen molar-refractivity contribution >= 4 is 5.91 Å². The zero-order valence-electron chi connectivity index (χ0n) is 11.4. The molecule has 0 rings (SSSR count). The Balaban J connectivity index is 3.81. The largest absolute Gasteiger partial charge is 0.395 e. The van der Waals surface area contributed by atoms with Crippen LogP contribution >= 0.6 is 0 Å². The van der Waals surface area contributed by atoms with Crippen LogP contribution in [0.4, 0.5) is 0 Å². The van der Waals surface area contributed by atoms with E-state index in [-0.39, 0.29) is 12.5 Å². The maximum Gasteiger partial charge on any atom is 0.236 e. The van der Waals surface area contributed by atoms with E-state index in [0.717, 1.165) is 32.4 Å². The first-order valence-electron chi connectivity index (χ1n) is 6.85. The number of carbonyl (C=O) groups is 1. The standard InChI is InChI=1S/C13H28N2O2/c1-3-5-6-7-9-15(10-11-16)13(17)12-14-8-4-2/h14,16H,3-12H2,1-2H3. The summed E-state index contributed by atoms with van der Waals surface area (Å²) in [6.45, 7) is 6.79. The van der Waals surface area contributed by atoms with E-state index in [9.17, 15) is 4.79 Å². The average Bonchev–Trinajstić information content (AvgIpc) is 2.33. The van der Waals surface area contributed by atoms with Crippen LogP contribution in [-0.2, 0) is 4.79 Å². The monoisotopic (exact) mass is 244 g/mol. The Kier molecular flexibility index (Phi) is 11.4. The topological polar surface area (TPSA) is 52.6 Å². The second-order valence-corrected chi connectivity index (χ2v) is 4.34. The number of nitrogens with one attached hydrogen (secondary N) is 1. The molecule has 0 bridgehead atoms. The van der Waals surface area contributed by atoms with Crippen molar-refractivity contribution in [3.05, 3.63) is 0 Å². The Morgan fingerprint density at radius 3 is 2.47 bits per heavy atom. The lowest BCUT2D eigenvalue weighted by Gasteiger charge is -2.22. The lowest BCUT2D eigenvalue weighted by atomic mass is 10.2. The van der Waals surface area contributed by atoms with Gasteiger partial charge in [0.05, 0.1) is 13.2 Å². The van der Waals surface area contributed by atoms with Gasteiger partial charge in [-0.2, -0.15) is 0 Å². The fourth-order valence-corrected chi connectivity index (χ4v) is 1.70. The SMILES string of the molecule is CCCCCCN(CCO)C(=O)CNCCC. The van der Waals surface area contributed by atoms with Crippen LogP contribution in [0.5, 0.6) is 0 Å². The summed E-state index contributed by atoms with van der Waals surface area (Å²) in [6, 6.07) is 0. The minimum atomic E-state index is 0.0489. The van der Waals surface area contributed by atoms with E-state index in [4.69, 9.17) is 5.11 Å². The molecule has 0 aromatic carbocycles. The highest BCUT2D eigenvalue weighted by Gasteiger charge is 2.11. The first kappa shape index (κ1) is 16.4. The van der Waals surface area contributed by atoms with Gasteiger partial charge < -0.3 is 15.3 Å². The number of aliphatic hydroxyl groups excluding tert-OH is 1. The Hall–Kier alpha value is -0.610. The number of hydrogen-bond donors (Lipinski definition) is 2. The maximum atomic E-state index is 11.8. The van der Waals surface area contributed by atoms with Gasteiger partial charge in [0.15, 0.2) is 0 Å².